The second kappa shape index (κ2) is 8.40. The molecule has 1 amide bonds. The lowest BCUT2D eigenvalue weighted by molar-refractivity contribution is -0.116. The Hall–Kier alpha value is -2.26. The van der Waals surface area contributed by atoms with E-state index in [0.717, 1.165) is 0 Å². The molecule has 2 heterocycles. The molecule has 1 unspecified atom stereocenters. The first kappa shape index (κ1) is 20.5. The maximum Gasteiger partial charge on any atom is 0.341 e. The van der Waals surface area contributed by atoms with Crippen molar-refractivity contribution in [3.63, 3.8) is 0 Å². The second-order valence-corrected chi connectivity index (χ2v) is 9.71. The van der Waals surface area contributed by atoms with Crippen LogP contribution in [-0.4, -0.2) is 38.4 Å². The third-order valence-electron chi connectivity index (χ3n) is 4.48. The molecule has 9 heteroatoms. The number of amides is 1. The van der Waals surface area contributed by atoms with Gasteiger partial charge in [0.05, 0.1) is 18.1 Å². The van der Waals surface area contributed by atoms with Crippen molar-refractivity contribution in [2.45, 2.75) is 19.8 Å². The first-order chi connectivity index (χ1) is 13.3. The summed E-state index contributed by atoms with van der Waals surface area (Å²) < 4.78 is 41.5. The largest absolute Gasteiger partial charge is 0.462 e. The van der Waals surface area contributed by atoms with Crippen LogP contribution in [0.4, 0.5) is 9.39 Å². The smallest absolute Gasteiger partial charge is 0.341 e. The van der Waals surface area contributed by atoms with Gasteiger partial charge in [-0.2, -0.15) is 0 Å². The quantitative estimate of drug-likeness (QED) is 0.716. The van der Waals surface area contributed by atoms with Crippen LogP contribution in [0.25, 0.3) is 11.1 Å². The fraction of sp³-hybridized carbons (Fsp3) is 0.368. The molecule has 1 aromatic heterocycles. The molecule has 6 nitrogen and oxygen atoms in total. The minimum atomic E-state index is -3.06. The van der Waals surface area contributed by atoms with Gasteiger partial charge in [0.15, 0.2) is 9.84 Å². The summed E-state index contributed by atoms with van der Waals surface area (Å²) in [6.07, 6.45) is 0.539. The van der Waals surface area contributed by atoms with Crippen molar-refractivity contribution in [3.8, 4) is 11.1 Å². The molecule has 0 spiro atoms. The van der Waals surface area contributed by atoms with Crippen LogP contribution in [0.5, 0.6) is 0 Å². The normalized spacial score (nSPS) is 18.0. The van der Waals surface area contributed by atoms with E-state index in [2.05, 4.69) is 5.32 Å². The topological polar surface area (TPSA) is 89.5 Å². The fourth-order valence-corrected chi connectivity index (χ4v) is 6.01. The molecule has 1 aromatic carbocycles. The molecule has 3 rings (SSSR count). The van der Waals surface area contributed by atoms with E-state index in [0.29, 0.717) is 22.5 Å². The van der Waals surface area contributed by atoms with Crippen molar-refractivity contribution in [1.82, 2.24) is 0 Å². The number of hydrogen-bond acceptors (Lipinski definition) is 6. The summed E-state index contributed by atoms with van der Waals surface area (Å²) in [5.74, 6) is -1.42. The summed E-state index contributed by atoms with van der Waals surface area (Å²) in [5, 5.41) is 4.76. The first-order valence-electron chi connectivity index (χ1n) is 8.84. The monoisotopic (exact) mass is 425 g/mol. The molecule has 2 aromatic rings. The summed E-state index contributed by atoms with van der Waals surface area (Å²) in [6.45, 7) is 1.85. The molecule has 150 valence electrons. The maximum absolute atomic E-state index is 13.2. The van der Waals surface area contributed by atoms with Gasteiger partial charge in [0, 0.05) is 17.4 Å². The van der Waals surface area contributed by atoms with Crippen LogP contribution in [0.3, 0.4) is 0 Å². The molecule has 28 heavy (non-hydrogen) atoms. The molecule has 0 saturated carbocycles. The van der Waals surface area contributed by atoms with Gasteiger partial charge in [-0.1, -0.05) is 12.1 Å². The van der Waals surface area contributed by atoms with Crippen molar-refractivity contribution in [1.29, 1.82) is 0 Å². The minimum absolute atomic E-state index is 0.0103. The van der Waals surface area contributed by atoms with Gasteiger partial charge in [0.25, 0.3) is 0 Å². The van der Waals surface area contributed by atoms with Crippen molar-refractivity contribution in [2.24, 2.45) is 5.92 Å². The Kier molecular flexibility index (Phi) is 6.14. The number of esters is 1. The molecule has 1 aliphatic heterocycles. The van der Waals surface area contributed by atoms with E-state index in [1.54, 1.807) is 24.4 Å². The van der Waals surface area contributed by atoms with Crippen LogP contribution >= 0.6 is 11.3 Å². The Bertz CT molecular complexity index is 982. The van der Waals surface area contributed by atoms with Crippen LogP contribution < -0.4 is 5.32 Å². The first-order valence-corrected chi connectivity index (χ1v) is 11.5. The van der Waals surface area contributed by atoms with Crippen molar-refractivity contribution >= 4 is 38.1 Å². The standard InChI is InChI=1S/C19H20FNO5S2/c1-2-26-19(23)17-15(13-3-5-14(20)6-4-13)10-27-18(17)21-16(22)9-12-7-8-28(24,25)11-12/h3-6,10,12H,2,7-9,11H2,1H3,(H,21,22). The lowest BCUT2D eigenvalue weighted by Crippen LogP contribution is -2.18. The molecule has 0 bridgehead atoms. The SMILES string of the molecule is CCOC(=O)c1c(-c2ccc(F)cc2)csc1NC(=O)CC1CCS(=O)(=O)C1. The maximum atomic E-state index is 13.2. The molecule has 0 radical (unpaired) electrons. The zero-order valence-electron chi connectivity index (χ0n) is 15.2. The number of halogens is 1. The lowest BCUT2D eigenvalue weighted by atomic mass is 10.0. The summed E-state index contributed by atoms with van der Waals surface area (Å²) in [7, 11) is -3.06. The van der Waals surface area contributed by atoms with E-state index < -0.39 is 21.6 Å². The minimum Gasteiger partial charge on any atom is -0.462 e. The molecule has 1 aliphatic rings. The van der Waals surface area contributed by atoms with Gasteiger partial charge in [0.1, 0.15) is 16.4 Å². The van der Waals surface area contributed by atoms with Gasteiger partial charge in [-0.05, 0) is 37.0 Å². The van der Waals surface area contributed by atoms with Crippen molar-refractivity contribution in [3.05, 3.63) is 41.0 Å². The molecule has 1 fully saturated rings. The highest BCUT2D eigenvalue weighted by atomic mass is 32.2. The average Bonchev–Trinajstić information content (AvgIpc) is 3.18. The van der Waals surface area contributed by atoms with E-state index in [1.165, 1.54) is 23.5 Å². The number of nitrogens with one attached hydrogen (secondary N) is 1. The van der Waals surface area contributed by atoms with Crippen LogP contribution in [0, 0.1) is 11.7 Å². The molecule has 1 N–H and O–H groups in total. The lowest BCUT2D eigenvalue weighted by Gasteiger charge is -2.10. The zero-order valence-corrected chi connectivity index (χ0v) is 16.9. The van der Waals surface area contributed by atoms with Crippen LogP contribution in [0.1, 0.15) is 30.1 Å². The van der Waals surface area contributed by atoms with Gasteiger partial charge >= 0.3 is 5.97 Å². The average molecular weight is 426 g/mol. The number of rotatable bonds is 6. The summed E-state index contributed by atoms with van der Waals surface area (Å²) in [5.41, 5.74) is 1.39. The summed E-state index contributed by atoms with van der Waals surface area (Å²) in [4.78, 5) is 24.9. The van der Waals surface area contributed by atoms with Crippen LogP contribution in [0.2, 0.25) is 0 Å². The number of carbonyl (C=O) groups is 2. The van der Waals surface area contributed by atoms with E-state index in [-0.39, 0.29) is 41.9 Å². The number of carbonyl (C=O) groups excluding carboxylic acids is 2. The molecule has 1 saturated heterocycles. The predicted molar refractivity (Wildman–Crippen MR) is 106 cm³/mol. The van der Waals surface area contributed by atoms with Crippen molar-refractivity contribution < 1.29 is 27.1 Å². The molecular weight excluding hydrogens is 405 g/mol. The van der Waals surface area contributed by atoms with Gasteiger partial charge in [0.2, 0.25) is 5.91 Å². The zero-order chi connectivity index (χ0) is 20.3. The molecule has 1 atom stereocenters. The van der Waals surface area contributed by atoms with Gasteiger partial charge in [-0.25, -0.2) is 17.6 Å². The molecular formula is C19H20FNO5S2. The Balaban J connectivity index is 1.83. The predicted octanol–water partition coefficient (Wildman–Crippen LogP) is 3.49. The number of sulfone groups is 1. The fourth-order valence-electron chi connectivity index (χ4n) is 3.17. The van der Waals surface area contributed by atoms with Gasteiger partial charge in [-0.15, -0.1) is 11.3 Å². The van der Waals surface area contributed by atoms with Crippen LogP contribution in [0.15, 0.2) is 29.6 Å². The summed E-state index contributed by atoms with van der Waals surface area (Å²) >= 11 is 1.17. The van der Waals surface area contributed by atoms with E-state index in [1.807, 2.05) is 0 Å². The Morgan fingerprint density at radius 2 is 2.00 bits per heavy atom. The molecule has 0 aliphatic carbocycles. The number of hydrogen-bond donors (Lipinski definition) is 1. The highest BCUT2D eigenvalue weighted by Crippen LogP contribution is 2.36. The Morgan fingerprint density at radius 1 is 1.29 bits per heavy atom. The highest BCUT2D eigenvalue weighted by molar-refractivity contribution is 7.91. The number of ether oxygens (including phenoxy) is 1. The number of thiophene rings is 1. The number of anilines is 1. The van der Waals surface area contributed by atoms with E-state index in [4.69, 9.17) is 4.74 Å². The van der Waals surface area contributed by atoms with Crippen molar-refractivity contribution in [2.75, 3.05) is 23.4 Å². The number of benzene rings is 1. The second-order valence-electron chi connectivity index (χ2n) is 6.60. The Labute approximate surface area is 166 Å². The van der Waals surface area contributed by atoms with E-state index >= 15 is 0 Å². The third-order valence-corrected chi connectivity index (χ3v) is 7.21. The Morgan fingerprint density at radius 3 is 2.61 bits per heavy atom. The van der Waals surface area contributed by atoms with Gasteiger partial charge < -0.3 is 10.1 Å². The van der Waals surface area contributed by atoms with E-state index in [9.17, 15) is 22.4 Å². The summed E-state index contributed by atoms with van der Waals surface area (Å²) in [6, 6.07) is 5.69. The third kappa shape index (κ3) is 4.77. The van der Waals surface area contributed by atoms with Crippen LogP contribution in [-0.2, 0) is 19.4 Å². The van der Waals surface area contributed by atoms with Gasteiger partial charge in [-0.3, -0.25) is 4.79 Å². The highest BCUT2D eigenvalue weighted by Gasteiger charge is 2.30.